The Morgan fingerprint density at radius 2 is 1.47 bits per heavy atom. The molecule has 14 atom stereocenters. The largest absolute Gasteiger partial charge is 2.00 e. The van der Waals surface area contributed by atoms with E-state index in [0.29, 0.717) is 25.7 Å². The zero-order valence-corrected chi connectivity index (χ0v) is 35.6. The third-order valence-corrected chi connectivity index (χ3v) is 11.9. The standard InChI is InChI=1S/C41H72O9.Ca/c1-25(21-29(5)34(43)24-35(44)30(6)22-27(3)20-26(2)14-15-38(46)47)12-11-13-28(4)39(48)31(7)36(45)23-33-16-18-41(10,49-33)37-17-19-40(9,50-37)32(8)42;/h11,13,24-33,36-37,39,42-43,45,48H,12,14-23H2,1-10H3,(H,46,47);/q;+2/p-2/b13-11+,34-24?;. The molecule has 9 nitrogen and oxygen atoms in total. The van der Waals surface area contributed by atoms with Gasteiger partial charge in [0, 0.05) is 23.7 Å². The van der Waals surface area contributed by atoms with Gasteiger partial charge in [-0.1, -0.05) is 60.6 Å². The van der Waals surface area contributed by atoms with Crippen molar-refractivity contribution in [3.05, 3.63) is 24.0 Å². The van der Waals surface area contributed by atoms with Crippen LogP contribution in [0.4, 0.5) is 0 Å². The predicted octanol–water partition coefficient (Wildman–Crippen LogP) is 4.89. The minimum atomic E-state index is -1.04. The molecule has 2 rings (SSSR count). The number of ether oxygens (including phenoxy) is 2. The molecule has 0 spiro atoms. The summed E-state index contributed by atoms with van der Waals surface area (Å²) in [6, 6.07) is 0. The van der Waals surface area contributed by atoms with E-state index < -0.39 is 35.5 Å². The topological polar surface area (TPSA) is 159 Å². The van der Waals surface area contributed by atoms with E-state index in [2.05, 4.69) is 20.8 Å². The molecule has 0 aromatic rings. The molecule has 2 fully saturated rings. The Labute approximate surface area is 339 Å². The van der Waals surface area contributed by atoms with Gasteiger partial charge in [-0.25, -0.2) is 0 Å². The minimum Gasteiger partial charge on any atom is -0.875 e. The fraction of sp³-hybridized carbons (Fsp3) is 0.854. The van der Waals surface area contributed by atoms with E-state index in [-0.39, 0.29) is 109 Å². The number of carboxylic acid groups (broad SMARTS) is 1. The van der Waals surface area contributed by atoms with Gasteiger partial charge in [0.1, 0.15) is 0 Å². The fourth-order valence-corrected chi connectivity index (χ4v) is 8.00. The number of hydrogen-bond acceptors (Lipinski definition) is 9. The van der Waals surface area contributed by atoms with Crippen molar-refractivity contribution in [2.24, 2.45) is 41.4 Å². The summed E-state index contributed by atoms with van der Waals surface area (Å²) in [7, 11) is 0. The summed E-state index contributed by atoms with van der Waals surface area (Å²) in [6.45, 7) is 19.4. The van der Waals surface area contributed by atoms with Crippen LogP contribution in [0.15, 0.2) is 24.0 Å². The molecule has 51 heavy (non-hydrogen) atoms. The van der Waals surface area contributed by atoms with E-state index in [4.69, 9.17) is 9.47 Å². The molecule has 2 heterocycles. The third kappa shape index (κ3) is 15.6. The van der Waals surface area contributed by atoms with Crippen LogP contribution in [0, 0.1) is 41.4 Å². The van der Waals surface area contributed by atoms with Gasteiger partial charge in [-0.3, -0.25) is 4.79 Å². The van der Waals surface area contributed by atoms with Gasteiger partial charge >= 0.3 is 37.7 Å². The SMILES string of the molecule is CC(CCC(=O)[O-])CC(C)CC(C)C(=O)C=C([O-])C(C)CC(C)C/C=C/C(C)C(O)C(C)C(O)CC1CCC(C)(C2CCC(C)(C(C)O)O2)O1.[Ca+2]. The summed E-state index contributed by atoms with van der Waals surface area (Å²) in [5, 5.41) is 55.9. The van der Waals surface area contributed by atoms with Crippen molar-refractivity contribution in [2.45, 2.75) is 182 Å². The molecule has 14 unspecified atom stereocenters. The van der Waals surface area contributed by atoms with Crippen molar-refractivity contribution in [1.82, 2.24) is 0 Å². The maximum atomic E-state index is 12.9. The van der Waals surface area contributed by atoms with Gasteiger partial charge in [-0.05, 0) is 121 Å². The maximum Gasteiger partial charge on any atom is 2.00 e. The van der Waals surface area contributed by atoms with Gasteiger partial charge in [-0.15, -0.1) is 5.76 Å². The number of carbonyl (C=O) groups is 2. The Morgan fingerprint density at radius 1 is 0.843 bits per heavy atom. The first-order valence-corrected chi connectivity index (χ1v) is 19.4. The summed E-state index contributed by atoms with van der Waals surface area (Å²) in [5.74, 6) is -1.73. The Hall–Kier alpha value is -0.520. The number of aliphatic hydroxyl groups excluding tert-OH is 3. The van der Waals surface area contributed by atoms with E-state index in [1.165, 1.54) is 6.08 Å². The van der Waals surface area contributed by atoms with Gasteiger partial charge in [0.2, 0.25) is 0 Å². The van der Waals surface area contributed by atoms with Crippen molar-refractivity contribution in [3.63, 3.8) is 0 Å². The smallest absolute Gasteiger partial charge is 0.875 e. The summed E-state index contributed by atoms with van der Waals surface area (Å²) >= 11 is 0. The van der Waals surface area contributed by atoms with E-state index in [9.17, 15) is 35.1 Å². The first-order chi connectivity index (χ1) is 23.2. The molecular formula is C41H70CaO9. The second-order valence-corrected chi connectivity index (χ2v) is 17.1. The minimum absolute atomic E-state index is 0. The van der Waals surface area contributed by atoms with Gasteiger partial charge in [0.25, 0.3) is 0 Å². The third-order valence-electron chi connectivity index (χ3n) is 11.9. The van der Waals surface area contributed by atoms with Crippen LogP contribution in [0.2, 0.25) is 0 Å². The molecule has 2 aliphatic heterocycles. The summed E-state index contributed by atoms with van der Waals surface area (Å²) in [6.07, 6.45) is 10.2. The number of hydrogen-bond donors (Lipinski definition) is 3. The Kier molecular flexibility index (Phi) is 21.1. The molecular weight excluding hydrogens is 677 g/mol. The molecule has 290 valence electrons. The average Bonchev–Trinajstić information content (AvgIpc) is 3.63. The van der Waals surface area contributed by atoms with Crippen molar-refractivity contribution in [3.8, 4) is 0 Å². The van der Waals surface area contributed by atoms with Crippen LogP contribution in [0.3, 0.4) is 0 Å². The first kappa shape index (κ1) is 48.5. The number of rotatable bonds is 22. The number of carbonyl (C=O) groups excluding carboxylic acids is 2. The second kappa shape index (κ2) is 22.1. The van der Waals surface area contributed by atoms with Gasteiger partial charge in [0.05, 0.1) is 41.7 Å². The van der Waals surface area contributed by atoms with Crippen LogP contribution >= 0.6 is 0 Å². The quantitative estimate of drug-likeness (QED) is 0.0607. The zero-order chi connectivity index (χ0) is 38.0. The molecule has 0 aliphatic carbocycles. The molecule has 0 aromatic carbocycles. The second-order valence-electron chi connectivity index (χ2n) is 17.1. The van der Waals surface area contributed by atoms with Crippen LogP contribution in [0.5, 0.6) is 0 Å². The van der Waals surface area contributed by atoms with Crippen molar-refractivity contribution >= 4 is 49.5 Å². The molecule has 0 saturated carbocycles. The van der Waals surface area contributed by atoms with Crippen molar-refractivity contribution < 1.29 is 44.6 Å². The van der Waals surface area contributed by atoms with Crippen molar-refractivity contribution in [2.75, 3.05) is 0 Å². The Morgan fingerprint density at radius 3 is 2.06 bits per heavy atom. The molecule has 3 N–H and O–H groups in total. The molecule has 2 aliphatic rings. The number of aliphatic hydroxyl groups is 3. The Balaban J connectivity index is 0.0000130. The monoisotopic (exact) mass is 746 g/mol. The normalized spacial score (nSPS) is 30.1. The predicted molar refractivity (Wildman–Crippen MR) is 198 cm³/mol. The molecule has 0 bridgehead atoms. The van der Waals surface area contributed by atoms with Crippen molar-refractivity contribution in [1.29, 1.82) is 0 Å². The number of ketones is 1. The maximum absolute atomic E-state index is 12.9. The van der Waals surface area contributed by atoms with E-state index in [1.807, 2.05) is 53.7 Å². The molecule has 10 heteroatoms. The number of carboxylic acids is 1. The van der Waals surface area contributed by atoms with Gasteiger partial charge in [-0.2, -0.15) is 0 Å². The number of aliphatic carboxylic acids is 1. The molecule has 0 radical (unpaired) electrons. The molecule has 2 saturated heterocycles. The summed E-state index contributed by atoms with van der Waals surface area (Å²) in [5.41, 5.74) is -1.02. The van der Waals surface area contributed by atoms with Gasteiger partial charge in [0.15, 0.2) is 5.78 Å². The van der Waals surface area contributed by atoms with E-state index in [0.717, 1.165) is 38.5 Å². The van der Waals surface area contributed by atoms with Crippen LogP contribution in [0.25, 0.3) is 0 Å². The molecule has 0 aromatic heterocycles. The van der Waals surface area contributed by atoms with Gasteiger partial charge < -0.3 is 39.8 Å². The zero-order valence-electron chi connectivity index (χ0n) is 33.4. The fourth-order valence-electron chi connectivity index (χ4n) is 8.00. The summed E-state index contributed by atoms with van der Waals surface area (Å²) < 4.78 is 12.7. The van der Waals surface area contributed by atoms with E-state index >= 15 is 0 Å². The first-order valence-electron chi connectivity index (χ1n) is 19.4. The van der Waals surface area contributed by atoms with Crippen LogP contribution < -0.4 is 10.2 Å². The average molecular weight is 747 g/mol. The van der Waals surface area contributed by atoms with Crippen LogP contribution in [0.1, 0.15) is 140 Å². The van der Waals surface area contributed by atoms with Crippen LogP contribution in [-0.2, 0) is 19.1 Å². The van der Waals surface area contributed by atoms with E-state index in [1.54, 1.807) is 6.92 Å². The molecule has 0 amide bonds. The number of allylic oxidation sites excluding steroid dienone is 3. The summed E-state index contributed by atoms with van der Waals surface area (Å²) in [4.78, 5) is 23.5. The van der Waals surface area contributed by atoms with Crippen LogP contribution in [-0.4, -0.2) is 107 Å². The Bertz CT molecular complexity index is 1130.